The molecule has 0 bridgehead atoms. The number of aliphatic hydroxyl groups excluding tert-OH is 1. The Hall–Kier alpha value is -0.750. The van der Waals surface area contributed by atoms with Crippen LogP contribution in [-0.2, 0) is 4.79 Å². The van der Waals surface area contributed by atoms with Gasteiger partial charge in [0, 0.05) is 42.6 Å². The van der Waals surface area contributed by atoms with Gasteiger partial charge >= 0.3 is 0 Å². The second kappa shape index (κ2) is 9.30. The maximum Gasteiger partial charge on any atom is 0.220 e. The Morgan fingerprint density at radius 3 is 2.71 bits per heavy atom. The predicted octanol–water partition coefficient (Wildman–Crippen LogP) is 1.60. The van der Waals surface area contributed by atoms with Crippen LogP contribution in [-0.4, -0.2) is 42.5 Å². The second-order valence-corrected chi connectivity index (χ2v) is 6.37. The lowest BCUT2D eigenvalue weighted by molar-refractivity contribution is -0.120. The zero-order valence-electron chi connectivity index (χ0n) is 12.2. The van der Waals surface area contributed by atoms with E-state index in [1.807, 2.05) is 0 Å². The SMILES string of the molecule is Cc1ccc(SCCC(=O)NCC2CNCC2O)cc1.Cl. The molecule has 1 amide bonds. The minimum atomic E-state index is -0.336. The molecular weight excluding hydrogens is 308 g/mol. The van der Waals surface area contributed by atoms with Crippen LogP contribution in [0.5, 0.6) is 0 Å². The van der Waals surface area contributed by atoms with E-state index in [-0.39, 0.29) is 30.3 Å². The molecule has 1 aliphatic heterocycles. The van der Waals surface area contributed by atoms with Crippen molar-refractivity contribution in [3.63, 3.8) is 0 Å². The summed E-state index contributed by atoms with van der Waals surface area (Å²) in [6.45, 7) is 4.03. The molecule has 0 aromatic heterocycles. The molecule has 2 rings (SSSR count). The standard InChI is InChI=1S/C15H22N2O2S.ClH/c1-11-2-4-13(5-3-11)20-7-6-15(19)17-9-12-8-16-10-14(12)18;/h2-5,12,14,16,18H,6-10H2,1H3,(H,17,19);1H. The highest BCUT2D eigenvalue weighted by Crippen LogP contribution is 2.18. The normalized spacial score (nSPS) is 20.9. The molecule has 1 aromatic carbocycles. The molecule has 0 saturated carbocycles. The summed E-state index contributed by atoms with van der Waals surface area (Å²) >= 11 is 1.69. The Labute approximate surface area is 136 Å². The minimum absolute atomic E-state index is 0. The molecule has 1 saturated heterocycles. The van der Waals surface area contributed by atoms with Gasteiger partial charge in [0.25, 0.3) is 0 Å². The molecule has 2 atom stereocenters. The van der Waals surface area contributed by atoms with Crippen molar-refractivity contribution in [1.29, 1.82) is 0 Å². The molecule has 0 spiro atoms. The number of hydrogen-bond donors (Lipinski definition) is 3. The van der Waals surface area contributed by atoms with E-state index in [0.29, 0.717) is 19.5 Å². The number of nitrogens with one attached hydrogen (secondary N) is 2. The van der Waals surface area contributed by atoms with Crippen molar-refractivity contribution in [1.82, 2.24) is 10.6 Å². The molecule has 0 radical (unpaired) electrons. The first kappa shape index (κ1) is 18.3. The fourth-order valence-electron chi connectivity index (χ4n) is 2.16. The van der Waals surface area contributed by atoms with E-state index in [1.54, 1.807) is 11.8 Å². The molecule has 6 heteroatoms. The van der Waals surface area contributed by atoms with E-state index in [4.69, 9.17) is 0 Å². The number of aliphatic hydroxyl groups is 1. The van der Waals surface area contributed by atoms with Gasteiger partial charge in [0.2, 0.25) is 5.91 Å². The summed E-state index contributed by atoms with van der Waals surface area (Å²) in [6, 6.07) is 8.32. The fraction of sp³-hybridized carbons (Fsp3) is 0.533. The lowest BCUT2D eigenvalue weighted by atomic mass is 10.1. The minimum Gasteiger partial charge on any atom is -0.391 e. The number of amides is 1. The van der Waals surface area contributed by atoms with E-state index in [0.717, 1.165) is 12.3 Å². The lowest BCUT2D eigenvalue weighted by Crippen LogP contribution is -2.34. The third-order valence-corrected chi connectivity index (χ3v) is 4.50. The molecule has 1 fully saturated rings. The summed E-state index contributed by atoms with van der Waals surface area (Å²) in [5.74, 6) is 0.979. The molecule has 3 N–H and O–H groups in total. The van der Waals surface area contributed by atoms with Crippen LogP contribution in [0, 0.1) is 12.8 Å². The highest BCUT2D eigenvalue weighted by Gasteiger charge is 2.24. The summed E-state index contributed by atoms with van der Waals surface area (Å²) in [5.41, 5.74) is 1.25. The van der Waals surface area contributed by atoms with Gasteiger partial charge in [-0.25, -0.2) is 0 Å². The first-order chi connectivity index (χ1) is 9.65. The first-order valence-corrected chi connectivity index (χ1v) is 7.98. The number of carbonyl (C=O) groups excluding carboxylic acids is 1. The average molecular weight is 331 g/mol. The van der Waals surface area contributed by atoms with Crippen molar-refractivity contribution in [2.75, 3.05) is 25.4 Å². The van der Waals surface area contributed by atoms with Crippen LogP contribution in [0.1, 0.15) is 12.0 Å². The van der Waals surface area contributed by atoms with Gasteiger partial charge in [0.1, 0.15) is 0 Å². The van der Waals surface area contributed by atoms with Gasteiger partial charge < -0.3 is 15.7 Å². The third kappa shape index (κ3) is 6.26. The van der Waals surface area contributed by atoms with E-state index >= 15 is 0 Å². The number of carbonyl (C=O) groups is 1. The molecule has 2 unspecified atom stereocenters. The number of thioether (sulfide) groups is 1. The number of halogens is 1. The first-order valence-electron chi connectivity index (χ1n) is 7.00. The maximum atomic E-state index is 11.7. The fourth-order valence-corrected chi connectivity index (χ4v) is 3.01. The number of aryl methyl sites for hydroxylation is 1. The Morgan fingerprint density at radius 2 is 2.10 bits per heavy atom. The molecule has 1 aromatic rings. The van der Waals surface area contributed by atoms with E-state index < -0.39 is 0 Å². The summed E-state index contributed by atoms with van der Waals surface area (Å²) in [4.78, 5) is 12.9. The van der Waals surface area contributed by atoms with Gasteiger partial charge in [-0.15, -0.1) is 24.2 Å². The summed E-state index contributed by atoms with van der Waals surface area (Å²) in [7, 11) is 0. The van der Waals surface area contributed by atoms with Gasteiger partial charge in [-0.1, -0.05) is 17.7 Å². The van der Waals surface area contributed by atoms with Crippen LogP contribution in [0.15, 0.2) is 29.2 Å². The van der Waals surface area contributed by atoms with Crippen LogP contribution in [0.4, 0.5) is 0 Å². The summed E-state index contributed by atoms with van der Waals surface area (Å²) in [6.07, 6.45) is 0.173. The zero-order chi connectivity index (χ0) is 14.4. The molecule has 1 aliphatic rings. The smallest absolute Gasteiger partial charge is 0.220 e. The molecule has 21 heavy (non-hydrogen) atoms. The predicted molar refractivity (Wildman–Crippen MR) is 89.1 cm³/mol. The Balaban J connectivity index is 0.00000220. The van der Waals surface area contributed by atoms with Crippen molar-refractivity contribution in [2.24, 2.45) is 5.92 Å². The second-order valence-electron chi connectivity index (χ2n) is 5.20. The van der Waals surface area contributed by atoms with E-state index in [2.05, 4.69) is 41.8 Å². The topological polar surface area (TPSA) is 61.4 Å². The molecule has 0 aliphatic carbocycles. The quantitative estimate of drug-likeness (QED) is 0.693. The Bertz CT molecular complexity index is 442. The van der Waals surface area contributed by atoms with Crippen molar-refractivity contribution < 1.29 is 9.90 Å². The number of hydrogen-bond acceptors (Lipinski definition) is 4. The van der Waals surface area contributed by atoms with Crippen molar-refractivity contribution in [3.05, 3.63) is 29.8 Å². The highest BCUT2D eigenvalue weighted by atomic mass is 35.5. The number of rotatable bonds is 6. The van der Waals surface area contributed by atoms with Gasteiger partial charge in [-0.05, 0) is 19.1 Å². The lowest BCUT2D eigenvalue weighted by Gasteiger charge is -2.13. The zero-order valence-corrected chi connectivity index (χ0v) is 13.8. The summed E-state index contributed by atoms with van der Waals surface area (Å²) in [5, 5.41) is 15.6. The van der Waals surface area contributed by atoms with Crippen LogP contribution < -0.4 is 10.6 Å². The van der Waals surface area contributed by atoms with Crippen LogP contribution >= 0.6 is 24.2 Å². The van der Waals surface area contributed by atoms with Crippen molar-refractivity contribution in [3.8, 4) is 0 Å². The van der Waals surface area contributed by atoms with Crippen LogP contribution in [0.25, 0.3) is 0 Å². The highest BCUT2D eigenvalue weighted by molar-refractivity contribution is 7.99. The van der Waals surface area contributed by atoms with Gasteiger partial charge in [0.15, 0.2) is 0 Å². The van der Waals surface area contributed by atoms with Crippen molar-refractivity contribution >= 4 is 30.1 Å². The van der Waals surface area contributed by atoms with Gasteiger partial charge in [-0.2, -0.15) is 0 Å². The van der Waals surface area contributed by atoms with E-state index in [9.17, 15) is 9.90 Å². The summed E-state index contributed by atoms with van der Waals surface area (Å²) < 4.78 is 0. The Kier molecular flexibility index (Phi) is 8.11. The monoisotopic (exact) mass is 330 g/mol. The molecule has 118 valence electrons. The van der Waals surface area contributed by atoms with Crippen LogP contribution in [0.2, 0.25) is 0 Å². The molecule has 4 nitrogen and oxygen atoms in total. The van der Waals surface area contributed by atoms with E-state index in [1.165, 1.54) is 10.5 Å². The van der Waals surface area contributed by atoms with Gasteiger partial charge in [0.05, 0.1) is 6.10 Å². The average Bonchev–Trinajstić information content (AvgIpc) is 2.84. The largest absolute Gasteiger partial charge is 0.391 e. The third-order valence-electron chi connectivity index (χ3n) is 3.48. The Morgan fingerprint density at radius 1 is 1.38 bits per heavy atom. The number of β-amino-alcohol motifs (C(OH)–C–C–N with tert-alkyl or cyclic N) is 1. The maximum absolute atomic E-state index is 11.7. The number of benzene rings is 1. The molecular formula is C15H23ClN2O2S. The van der Waals surface area contributed by atoms with Gasteiger partial charge in [-0.3, -0.25) is 4.79 Å². The van der Waals surface area contributed by atoms with Crippen LogP contribution in [0.3, 0.4) is 0 Å². The van der Waals surface area contributed by atoms with Crippen molar-refractivity contribution in [2.45, 2.75) is 24.3 Å². The molecule has 1 heterocycles.